The van der Waals surface area contributed by atoms with E-state index in [-0.39, 0.29) is 10.3 Å². The Morgan fingerprint density at radius 1 is 1.15 bits per heavy atom. The van der Waals surface area contributed by atoms with E-state index in [0.717, 1.165) is 0 Å². The minimum Gasteiger partial charge on any atom is -0.481 e. The van der Waals surface area contributed by atoms with Crippen molar-refractivity contribution in [2.24, 2.45) is 0 Å². The third kappa shape index (κ3) is 3.97. The number of ether oxygens (including phenoxy) is 1. The van der Waals surface area contributed by atoms with Crippen molar-refractivity contribution < 1.29 is 9.53 Å². The van der Waals surface area contributed by atoms with Crippen LogP contribution >= 0.6 is 23.2 Å². The average Bonchev–Trinajstić information content (AvgIpc) is 2.37. The van der Waals surface area contributed by atoms with Gasteiger partial charge in [-0.15, -0.1) is 0 Å². The highest BCUT2D eigenvalue weighted by atomic mass is 35.5. The van der Waals surface area contributed by atoms with E-state index in [1.165, 1.54) is 25.4 Å². The number of hydrogen-bond acceptors (Lipinski definition) is 4. The first-order chi connectivity index (χ1) is 9.56. The minimum atomic E-state index is -0.448. The molecule has 0 saturated heterocycles. The number of nitrogens with zero attached hydrogens (tertiary/aromatic N) is 2. The predicted octanol–water partition coefficient (Wildman–Crippen LogP) is 3.44. The zero-order chi connectivity index (χ0) is 14.5. The van der Waals surface area contributed by atoms with Crippen molar-refractivity contribution >= 4 is 40.6 Å². The van der Waals surface area contributed by atoms with Crippen LogP contribution in [-0.4, -0.2) is 23.1 Å². The number of hydrogen-bond donors (Lipinski definition) is 2. The van der Waals surface area contributed by atoms with E-state index in [1.807, 2.05) is 0 Å². The summed E-state index contributed by atoms with van der Waals surface area (Å²) in [7, 11) is 1.46. The van der Waals surface area contributed by atoms with Crippen molar-refractivity contribution in [2.75, 3.05) is 17.7 Å². The summed E-state index contributed by atoms with van der Waals surface area (Å²) >= 11 is 11.5. The largest absolute Gasteiger partial charge is 0.481 e. The van der Waals surface area contributed by atoms with Gasteiger partial charge in [0.25, 0.3) is 0 Å². The summed E-state index contributed by atoms with van der Waals surface area (Å²) in [5, 5.41) is 5.72. The molecule has 0 spiro atoms. The molecule has 0 aliphatic heterocycles. The van der Waals surface area contributed by atoms with E-state index in [2.05, 4.69) is 20.6 Å². The Kier molecular flexibility index (Phi) is 4.60. The first-order valence-electron chi connectivity index (χ1n) is 5.48. The normalized spacial score (nSPS) is 9.95. The first kappa shape index (κ1) is 14.4. The number of pyridine rings is 2. The molecule has 6 nitrogen and oxygen atoms in total. The van der Waals surface area contributed by atoms with Crippen LogP contribution in [0.2, 0.25) is 10.3 Å². The lowest BCUT2D eigenvalue weighted by atomic mass is 10.4. The van der Waals surface area contributed by atoms with Crippen molar-refractivity contribution in [3.63, 3.8) is 0 Å². The van der Waals surface area contributed by atoms with Gasteiger partial charge in [0.2, 0.25) is 5.88 Å². The Morgan fingerprint density at radius 3 is 2.55 bits per heavy atom. The number of halogens is 2. The van der Waals surface area contributed by atoms with Gasteiger partial charge in [0, 0.05) is 18.0 Å². The lowest BCUT2D eigenvalue weighted by Crippen LogP contribution is -2.19. The molecule has 0 atom stereocenters. The molecule has 104 valence electrons. The number of anilines is 2. The number of rotatable bonds is 3. The summed E-state index contributed by atoms with van der Waals surface area (Å²) in [4.78, 5) is 19.5. The van der Waals surface area contributed by atoms with Crippen molar-refractivity contribution in [2.45, 2.75) is 0 Å². The Hall–Kier alpha value is -2.05. The maximum absolute atomic E-state index is 11.8. The smallest absolute Gasteiger partial charge is 0.323 e. The Bertz CT molecular complexity index is 637. The standard InChI is InChI=1S/C12H10Cl2N4O2/c1-20-11-6-8(5-10(14)18-11)17-12(19)16-7-2-3-15-9(13)4-7/h2-6H,1H3,(H2,15,16,17,18,19). The zero-order valence-corrected chi connectivity index (χ0v) is 11.9. The highest BCUT2D eigenvalue weighted by molar-refractivity contribution is 6.30. The van der Waals surface area contributed by atoms with Gasteiger partial charge in [-0.2, -0.15) is 0 Å². The van der Waals surface area contributed by atoms with E-state index in [9.17, 15) is 4.79 Å². The van der Waals surface area contributed by atoms with Gasteiger partial charge >= 0.3 is 6.03 Å². The number of nitrogens with one attached hydrogen (secondary N) is 2. The highest BCUT2D eigenvalue weighted by Gasteiger charge is 2.06. The molecule has 2 aromatic heterocycles. The van der Waals surface area contributed by atoms with Crippen LogP contribution in [0, 0.1) is 0 Å². The third-order valence-electron chi connectivity index (χ3n) is 2.22. The molecule has 0 aliphatic rings. The second kappa shape index (κ2) is 6.40. The molecule has 8 heteroatoms. The van der Waals surface area contributed by atoms with Crippen LogP contribution in [0.1, 0.15) is 0 Å². The van der Waals surface area contributed by atoms with Crippen LogP contribution in [0.3, 0.4) is 0 Å². The van der Waals surface area contributed by atoms with Gasteiger partial charge in [-0.3, -0.25) is 0 Å². The van der Waals surface area contributed by atoms with Crippen molar-refractivity contribution in [1.82, 2.24) is 9.97 Å². The molecular weight excluding hydrogens is 303 g/mol. The Labute approximate surface area is 125 Å². The SMILES string of the molecule is COc1cc(NC(=O)Nc2ccnc(Cl)c2)cc(Cl)n1. The monoisotopic (exact) mass is 312 g/mol. The molecular formula is C12H10Cl2N4O2. The minimum absolute atomic E-state index is 0.214. The topological polar surface area (TPSA) is 76.1 Å². The average molecular weight is 313 g/mol. The summed E-state index contributed by atoms with van der Waals surface area (Å²) in [5.41, 5.74) is 0.981. The molecule has 0 aromatic carbocycles. The molecule has 0 saturated carbocycles. The lowest BCUT2D eigenvalue weighted by Gasteiger charge is -2.09. The van der Waals surface area contributed by atoms with Crippen molar-refractivity contribution in [3.05, 3.63) is 40.8 Å². The molecule has 20 heavy (non-hydrogen) atoms. The summed E-state index contributed by atoms with van der Waals surface area (Å²) in [5.74, 6) is 0.305. The van der Waals surface area contributed by atoms with Crippen molar-refractivity contribution in [1.29, 1.82) is 0 Å². The Balaban J connectivity index is 2.06. The van der Waals surface area contributed by atoms with Crippen LogP contribution in [0.5, 0.6) is 5.88 Å². The number of amides is 2. The van der Waals surface area contributed by atoms with Gasteiger partial charge in [0.05, 0.1) is 12.8 Å². The molecule has 2 N–H and O–H groups in total. The zero-order valence-electron chi connectivity index (χ0n) is 10.4. The van der Waals surface area contributed by atoms with E-state index >= 15 is 0 Å². The molecule has 0 radical (unpaired) electrons. The summed E-state index contributed by atoms with van der Waals surface area (Å²) < 4.78 is 4.96. The van der Waals surface area contributed by atoms with Crippen LogP contribution < -0.4 is 15.4 Å². The number of carbonyl (C=O) groups excluding carboxylic acids is 1. The second-order valence-corrected chi connectivity index (χ2v) is 4.44. The highest BCUT2D eigenvalue weighted by Crippen LogP contribution is 2.20. The summed E-state index contributed by atoms with van der Waals surface area (Å²) in [6.07, 6.45) is 1.49. The van der Waals surface area contributed by atoms with Crippen LogP contribution in [-0.2, 0) is 0 Å². The van der Waals surface area contributed by atoms with Crippen LogP contribution in [0.4, 0.5) is 16.2 Å². The fourth-order valence-electron chi connectivity index (χ4n) is 1.42. The lowest BCUT2D eigenvalue weighted by molar-refractivity contribution is 0.262. The second-order valence-electron chi connectivity index (χ2n) is 3.67. The summed E-state index contributed by atoms with van der Waals surface area (Å²) in [6, 6.07) is 5.75. The number of aromatic nitrogens is 2. The van der Waals surface area contributed by atoms with Gasteiger partial charge in [-0.25, -0.2) is 14.8 Å². The van der Waals surface area contributed by atoms with Gasteiger partial charge in [0.1, 0.15) is 10.3 Å². The van der Waals surface area contributed by atoms with Crippen molar-refractivity contribution in [3.8, 4) is 5.88 Å². The molecule has 2 aromatic rings. The van der Waals surface area contributed by atoms with E-state index in [0.29, 0.717) is 17.3 Å². The maximum Gasteiger partial charge on any atom is 0.323 e. The molecule has 2 rings (SSSR count). The number of methoxy groups -OCH3 is 1. The van der Waals surface area contributed by atoms with Gasteiger partial charge in [0.15, 0.2) is 0 Å². The molecule has 0 fully saturated rings. The number of carbonyl (C=O) groups is 1. The number of urea groups is 1. The molecule has 2 amide bonds. The van der Waals surface area contributed by atoms with E-state index in [1.54, 1.807) is 12.1 Å². The van der Waals surface area contributed by atoms with E-state index in [4.69, 9.17) is 27.9 Å². The van der Waals surface area contributed by atoms with Gasteiger partial charge < -0.3 is 15.4 Å². The quantitative estimate of drug-likeness (QED) is 0.851. The molecule has 0 unspecified atom stereocenters. The fraction of sp³-hybridized carbons (Fsp3) is 0.0833. The van der Waals surface area contributed by atoms with E-state index < -0.39 is 6.03 Å². The Morgan fingerprint density at radius 2 is 1.85 bits per heavy atom. The predicted molar refractivity (Wildman–Crippen MR) is 77.7 cm³/mol. The van der Waals surface area contributed by atoms with Gasteiger partial charge in [-0.1, -0.05) is 23.2 Å². The van der Waals surface area contributed by atoms with Crippen LogP contribution in [0.15, 0.2) is 30.5 Å². The summed E-state index contributed by atoms with van der Waals surface area (Å²) in [6.45, 7) is 0. The molecule has 0 bridgehead atoms. The molecule has 0 aliphatic carbocycles. The third-order valence-corrected chi connectivity index (χ3v) is 2.62. The van der Waals surface area contributed by atoms with Gasteiger partial charge in [-0.05, 0) is 18.2 Å². The first-order valence-corrected chi connectivity index (χ1v) is 6.23. The maximum atomic E-state index is 11.8. The fourth-order valence-corrected chi connectivity index (χ4v) is 1.80. The van der Waals surface area contributed by atoms with Crippen LogP contribution in [0.25, 0.3) is 0 Å². The molecule has 2 heterocycles.